The van der Waals surface area contributed by atoms with Gasteiger partial charge in [0.25, 0.3) is 11.8 Å². The van der Waals surface area contributed by atoms with Crippen LogP contribution >= 0.6 is 22.9 Å². The summed E-state index contributed by atoms with van der Waals surface area (Å²) in [5.41, 5.74) is 6.33. The number of ether oxygens (including phenoxy) is 1. The summed E-state index contributed by atoms with van der Waals surface area (Å²) in [6.45, 7) is 3.51. The summed E-state index contributed by atoms with van der Waals surface area (Å²) < 4.78 is 5.40. The fourth-order valence-corrected chi connectivity index (χ4v) is 2.62. The van der Waals surface area contributed by atoms with Crippen LogP contribution in [0.4, 0.5) is 0 Å². The molecule has 2 aromatic rings. The summed E-state index contributed by atoms with van der Waals surface area (Å²) in [6.07, 6.45) is 3.01. The van der Waals surface area contributed by atoms with Gasteiger partial charge in [-0.1, -0.05) is 17.7 Å². The van der Waals surface area contributed by atoms with Crippen LogP contribution in [0, 0.1) is 13.8 Å². The highest BCUT2D eigenvalue weighted by Crippen LogP contribution is 2.25. The maximum Gasteiger partial charge on any atom is 0.276 e. The molecule has 1 aromatic carbocycles. The quantitative estimate of drug-likeness (QED) is 0.632. The van der Waals surface area contributed by atoms with Crippen LogP contribution in [-0.4, -0.2) is 18.4 Å². The Hall–Kier alpha value is -2.31. The Bertz CT molecular complexity index is 734. The van der Waals surface area contributed by atoms with E-state index in [-0.39, 0.29) is 6.61 Å². The van der Waals surface area contributed by atoms with Crippen LogP contribution in [0.5, 0.6) is 5.75 Å². The molecular weight excluding hydrogens is 348 g/mol. The lowest BCUT2D eigenvalue weighted by Gasteiger charge is -2.10. The number of hydrazine groups is 1. The zero-order valence-electron chi connectivity index (χ0n) is 13.3. The van der Waals surface area contributed by atoms with Crippen LogP contribution in [0.1, 0.15) is 16.0 Å². The van der Waals surface area contributed by atoms with Gasteiger partial charge in [-0.05, 0) is 54.6 Å². The van der Waals surface area contributed by atoms with Crippen molar-refractivity contribution in [3.8, 4) is 5.75 Å². The molecule has 126 valence electrons. The monoisotopic (exact) mass is 364 g/mol. The van der Waals surface area contributed by atoms with Crippen LogP contribution in [0.25, 0.3) is 6.08 Å². The maximum absolute atomic E-state index is 11.7. The minimum absolute atomic E-state index is 0.213. The van der Waals surface area contributed by atoms with Gasteiger partial charge in [0.05, 0.1) is 0 Å². The lowest BCUT2D eigenvalue weighted by molar-refractivity contribution is -0.128. The highest BCUT2D eigenvalue weighted by atomic mass is 35.5. The fraction of sp³-hybridized carbons (Fsp3) is 0.176. The second-order valence-electron chi connectivity index (χ2n) is 5.05. The second-order valence-corrected chi connectivity index (χ2v) is 6.40. The Morgan fingerprint density at radius 2 is 1.96 bits per heavy atom. The number of hydrogen-bond donors (Lipinski definition) is 2. The number of carbonyl (C=O) groups is 2. The molecule has 0 aliphatic heterocycles. The van der Waals surface area contributed by atoms with E-state index in [1.54, 1.807) is 18.2 Å². The van der Waals surface area contributed by atoms with Gasteiger partial charge in [0.15, 0.2) is 6.61 Å². The molecule has 7 heteroatoms. The molecule has 0 saturated heterocycles. The van der Waals surface area contributed by atoms with Crippen molar-refractivity contribution in [1.29, 1.82) is 0 Å². The molecule has 2 rings (SSSR count). The van der Waals surface area contributed by atoms with E-state index >= 15 is 0 Å². The van der Waals surface area contributed by atoms with E-state index in [1.807, 2.05) is 31.4 Å². The van der Waals surface area contributed by atoms with E-state index in [9.17, 15) is 9.59 Å². The molecule has 0 fully saturated rings. The summed E-state index contributed by atoms with van der Waals surface area (Å²) >= 11 is 7.59. The fourth-order valence-electron chi connectivity index (χ4n) is 1.89. The molecule has 0 bridgehead atoms. The molecule has 2 N–H and O–H groups in total. The summed E-state index contributed by atoms with van der Waals surface area (Å²) in [6, 6.07) is 7.29. The lowest BCUT2D eigenvalue weighted by Crippen LogP contribution is -2.43. The largest absolute Gasteiger partial charge is 0.484 e. The first kappa shape index (κ1) is 18.0. The van der Waals surface area contributed by atoms with Crippen molar-refractivity contribution in [2.45, 2.75) is 13.8 Å². The highest BCUT2D eigenvalue weighted by Gasteiger charge is 2.07. The molecule has 2 amide bonds. The van der Waals surface area contributed by atoms with Gasteiger partial charge in [-0.25, -0.2) is 0 Å². The number of amides is 2. The first-order valence-electron chi connectivity index (χ1n) is 7.15. The van der Waals surface area contributed by atoms with Crippen molar-refractivity contribution in [2.75, 3.05) is 6.61 Å². The van der Waals surface area contributed by atoms with Crippen molar-refractivity contribution in [3.05, 3.63) is 56.7 Å². The smallest absolute Gasteiger partial charge is 0.276 e. The van der Waals surface area contributed by atoms with Crippen LogP contribution in [-0.2, 0) is 9.59 Å². The molecule has 1 heterocycles. The predicted molar refractivity (Wildman–Crippen MR) is 96.1 cm³/mol. The molecule has 0 saturated carbocycles. The SMILES string of the molecule is Cc1cc(OCC(=O)NNC(=O)/C=C/c2cccs2)cc(C)c1Cl. The Morgan fingerprint density at radius 3 is 2.58 bits per heavy atom. The van der Waals surface area contributed by atoms with Gasteiger partial charge in [-0.2, -0.15) is 0 Å². The van der Waals surface area contributed by atoms with E-state index < -0.39 is 11.8 Å². The second kappa shape index (κ2) is 8.52. The van der Waals surface area contributed by atoms with Crippen LogP contribution in [0.15, 0.2) is 35.7 Å². The molecule has 0 spiro atoms. The number of nitrogens with one attached hydrogen (secondary N) is 2. The summed E-state index contributed by atoms with van der Waals surface area (Å²) in [7, 11) is 0. The van der Waals surface area contributed by atoms with Gasteiger partial charge < -0.3 is 4.74 Å². The Morgan fingerprint density at radius 1 is 1.25 bits per heavy atom. The Balaban J connectivity index is 1.76. The Labute approximate surface area is 149 Å². The molecule has 0 atom stereocenters. The molecule has 0 aliphatic rings. The van der Waals surface area contributed by atoms with Crippen molar-refractivity contribution < 1.29 is 14.3 Å². The lowest BCUT2D eigenvalue weighted by atomic mass is 10.1. The number of hydrogen-bond acceptors (Lipinski definition) is 4. The zero-order chi connectivity index (χ0) is 17.5. The number of rotatable bonds is 5. The molecule has 0 radical (unpaired) electrons. The maximum atomic E-state index is 11.7. The number of aryl methyl sites for hydroxylation is 2. The third-order valence-corrected chi connectivity index (χ3v) is 4.48. The first-order chi connectivity index (χ1) is 11.5. The van der Waals surface area contributed by atoms with E-state index in [2.05, 4.69) is 10.9 Å². The van der Waals surface area contributed by atoms with Gasteiger partial charge in [-0.3, -0.25) is 20.4 Å². The summed E-state index contributed by atoms with van der Waals surface area (Å²) in [5, 5.41) is 2.59. The number of benzene rings is 1. The predicted octanol–water partition coefficient (Wildman–Crippen LogP) is 3.26. The van der Waals surface area contributed by atoms with Gasteiger partial charge >= 0.3 is 0 Å². The van der Waals surface area contributed by atoms with Gasteiger partial charge in [0, 0.05) is 16.0 Å². The minimum Gasteiger partial charge on any atom is -0.484 e. The van der Waals surface area contributed by atoms with Crippen molar-refractivity contribution in [1.82, 2.24) is 10.9 Å². The topological polar surface area (TPSA) is 67.4 Å². The summed E-state index contributed by atoms with van der Waals surface area (Å²) in [4.78, 5) is 24.2. The normalized spacial score (nSPS) is 10.6. The third kappa shape index (κ3) is 5.40. The number of carbonyl (C=O) groups excluding carboxylic acids is 2. The van der Waals surface area contributed by atoms with Crippen LogP contribution in [0.3, 0.4) is 0 Å². The molecule has 1 aromatic heterocycles. The van der Waals surface area contributed by atoms with Crippen molar-refractivity contribution >= 4 is 40.8 Å². The highest BCUT2D eigenvalue weighted by molar-refractivity contribution is 7.10. The molecular formula is C17H17ClN2O3S. The first-order valence-corrected chi connectivity index (χ1v) is 8.41. The van der Waals surface area contributed by atoms with Crippen LogP contribution in [0.2, 0.25) is 5.02 Å². The number of halogens is 1. The molecule has 0 unspecified atom stereocenters. The average Bonchev–Trinajstić information content (AvgIpc) is 3.07. The van der Waals surface area contributed by atoms with Gasteiger partial charge in [0.2, 0.25) is 0 Å². The zero-order valence-corrected chi connectivity index (χ0v) is 14.8. The molecule has 0 aliphatic carbocycles. The molecule has 24 heavy (non-hydrogen) atoms. The van der Waals surface area contributed by atoms with Crippen molar-refractivity contribution in [3.63, 3.8) is 0 Å². The van der Waals surface area contributed by atoms with E-state index in [4.69, 9.17) is 16.3 Å². The van der Waals surface area contributed by atoms with Crippen LogP contribution < -0.4 is 15.6 Å². The number of thiophene rings is 1. The van der Waals surface area contributed by atoms with Gasteiger partial charge in [-0.15, -0.1) is 11.3 Å². The minimum atomic E-state index is -0.460. The average molecular weight is 365 g/mol. The Kier molecular flexibility index (Phi) is 6.40. The van der Waals surface area contributed by atoms with Gasteiger partial charge in [0.1, 0.15) is 5.75 Å². The van der Waals surface area contributed by atoms with E-state index in [1.165, 1.54) is 17.4 Å². The standard InChI is InChI=1S/C17H17ClN2O3S/c1-11-8-13(9-12(2)17(11)18)23-10-16(22)20-19-15(21)6-5-14-4-3-7-24-14/h3-9H,10H2,1-2H3,(H,19,21)(H,20,22)/b6-5+. The molecule has 5 nitrogen and oxygen atoms in total. The summed E-state index contributed by atoms with van der Waals surface area (Å²) in [5.74, 6) is -0.332. The third-order valence-electron chi connectivity index (χ3n) is 3.05. The van der Waals surface area contributed by atoms with E-state index in [0.717, 1.165) is 16.0 Å². The van der Waals surface area contributed by atoms with Crippen molar-refractivity contribution in [2.24, 2.45) is 0 Å². The van der Waals surface area contributed by atoms with E-state index in [0.29, 0.717) is 10.8 Å².